The lowest BCUT2D eigenvalue weighted by molar-refractivity contribution is 0.566. The van der Waals surface area contributed by atoms with E-state index in [9.17, 15) is 4.79 Å². The van der Waals surface area contributed by atoms with Gasteiger partial charge >= 0.3 is 0 Å². The second kappa shape index (κ2) is 6.06. The first-order valence-electron chi connectivity index (χ1n) is 3.38. The van der Waals surface area contributed by atoms with Crippen LogP contribution in [-0.4, -0.2) is 5.94 Å². The molecule has 0 aromatic carbocycles. The molecule has 0 bridgehead atoms. The zero-order chi connectivity index (χ0) is 7.82. The molecule has 0 heterocycles. The minimum atomic E-state index is 0.711. The van der Waals surface area contributed by atoms with E-state index in [1.54, 1.807) is 18.2 Å². The fraction of sp³-hybridized carbons (Fsp3) is 0.333. The van der Waals surface area contributed by atoms with Gasteiger partial charge in [0, 0.05) is 5.57 Å². The minimum Gasteiger partial charge on any atom is -0.233 e. The van der Waals surface area contributed by atoms with E-state index in [0.717, 1.165) is 12.8 Å². The highest BCUT2D eigenvalue weighted by atomic mass is 16.1. The zero-order valence-electron chi connectivity index (χ0n) is 6.26. The van der Waals surface area contributed by atoms with Gasteiger partial charge in [0.05, 0.1) is 0 Å². The normalized spacial score (nSPS) is 9.30. The Kier molecular flexibility index (Phi) is 5.41. The zero-order valence-corrected chi connectivity index (χ0v) is 6.26. The van der Waals surface area contributed by atoms with E-state index in [1.165, 1.54) is 0 Å². The lowest BCUT2D eigenvalue weighted by Crippen LogP contribution is -1.76. The van der Waals surface area contributed by atoms with Crippen molar-refractivity contribution in [3.63, 3.8) is 0 Å². The first-order chi connectivity index (χ1) is 4.85. The second-order valence-corrected chi connectivity index (χ2v) is 1.97. The lowest BCUT2D eigenvalue weighted by Gasteiger charge is -1.88. The highest BCUT2D eigenvalue weighted by Gasteiger charge is 1.87. The first kappa shape index (κ1) is 8.93. The Morgan fingerprint density at radius 3 is 2.80 bits per heavy atom. The van der Waals surface area contributed by atoms with Crippen LogP contribution in [0.25, 0.3) is 0 Å². The second-order valence-electron chi connectivity index (χ2n) is 1.97. The Morgan fingerprint density at radius 1 is 1.70 bits per heavy atom. The fourth-order valence-corrected chi connectivity index (χ4v) is 0.622. The molecule has 54 valence electrons. The molecule has 0 saturated heterocycles. The SMILES string of the molecule is C=C/C=C\C(=C=O)CCC. The summed E-state index contributed by atoms with van der Waals surface area (Å²) in [6.07, 6.45) is 6.91. The lowest BCUT2D eigenvalue weighted by atomic mass is 10.1. The van der Waals surface area contributed by atoms with Crippen molar-refractivity contribution in [2.45, 2.75) is 19.8 Å². The standard InChI is InChI=1S/C9H12O/c1-3-5-7-9(8-10)6-4-2/h3,5,7H,1,4,6H2,2H3/b7-5-. The molecule has 0 radical (unpaired) electrons. The summed E-state index contributed by atoms with van der Waals surface area (Å²) in [6.45, 7) is 5.52. The van der Waals surface area contributed by atoms with Gasteiger partial charge in [-0.05, 0) is 12.5 Å². The molecule has 1 nitrogen and oxygen atoms in total. The Hall–Kier alpha value is -1.07. The number of rotatable bonds is 4. The Bertz CT molecular complexity index is 171. The van der Waals surface area contributed by atoms with Gasteiger partial charge in [0.15, 0.2) is 0 Å². The summed E-state index contributed by atoms with van der Waals surface area (Å²) in [4.78, 5) is 10.2. The molecule has 0 atom stereocenters. The van der Waals surface area contributed by atoms with Crippen molar-refractivity contribution < 1.29 is 4.79 Å². The van der Waals surface area contributed by atoms with Crippen LogP contribution in [0.4, 0.5) is 0 Å². The third-order valence-corrected chi connectivity index (χ3v) is 1.08. The molecule has 0 saturated carbocycles. The minimum absolute atomic E-state index is 0.711. The average molecular weight is 136 g/mol. The smallest absolute Gasteiger partial charge is 0.127 e. The predicted molar refractivity (Wildman–Crippen MR) is 43.5 cm³/mol. The van der Waals surface area contributed by atoms with E-state index < -0.39 is 0 Å². The maximum atomic E-state index is 10.2. The fourth-order valence-electron chi connectivity index (χ4n) is 0.622. The van der Waals surface area contributed by atoms with E-state index in [4.69, 9.17) is 0 Å². The summed E-state index contributed by atoms with van der Waals surface area (Å²) < 4.78 is 0. The van der Waals surface area contributed by atoms with Crippen molar-refractivity contribution in [1.29, 1.82) is 0 Å². The molecule has 0 aliphatic carbocycles. The van der Waals surface area contributed by atoms with Gasteiger partial charge in [-0.3, -0.25) is 0 Å². The molecule has 0 unspecified atom stereocenters. The van der Waals surface area contributed by atoms with Crippen molar-refractivity contribution >= 4 is 5.94 Å². The molecule has 1 heteroatoms. The summed E-state index contributed by atoms with van der Waals surface area (Å²) in [5, 5.41) is 0. The van der Waals surface area contributed by atoms with Crippen LogP contribution in [0.3, 0.4) is 0 Å². The van der Waals surface area contributed by atoms with Crippen LogP contribution in [0.15, 0.2) is 30.4 Å². The van der Waals surface area contributed by atoms with Gasteiger partial charge in [0.1, 0.15) is 5.94 Å². The topological polar surface area (TPSA) is 17.1 Å². The Morgan fingerprint density at radius 2 is 2.40 bits per heavy atom. The van der Waals surface area contributed by atoms with Crippen molar-refractivity contribution in [3.05, 3.63) is 30.4 Å². The molecule has 0 rings (SSSR count). The highest BCUT2D eigenvalue weighted by molar-refractivity contribution is 5.57. The summed E-state index contributed by atoms with van der Waals surface area (Å²) >= 11 is 0. The maximum absolute atomic E-state index is 10.2. The van der Waals surface area contributed by atoms with Crippen LogP contribution in [0.2, 0.25) is 0 Å². The summed E-state index contributed by atoms with van der Waals surface area (Å²) in [5.41, 5.74) is 0.711. The van der Waals surface area contributed by atoms with E-state index in [-0.39, 0.29) is 0 Å². The number of allylic oxidation sites excluding steroid dienone is 4. The van der Waals surface area contributed by atoms with Crippen LogP contribution in [0.1, 0.15) is 19.8 Å². The summed E-state index contributed by atoms with van der Waals surface area (Å²) in [5.74, 6) is 1.87. The van der Waals surface area contributed by atoms with Crippen LogP contribution in [0.5, 0.6) is 0 Å². The maximum Gasteiger partial charge on any atom is 0.127 e. The Balaban J connectivity index is 3.97. The van der Waals surface area contributed by atoms with Gasteiger partial charge in [-0.1, -0.05) is 32.1 Å². The Labute approximate surface area is 61.8 Å². The molecule has 0 aromatic heterocycles. The molecule has 10 heavy (non-hydrogen) atoms. The molecule has 0 spiro atoms. The van der Waals surface area contributed by atoms with Gasteiger partial charge < -0.3 is 0 Å². The molecule has 0 amide bonds. The van der Waals surface area contributed by atoms with E-state index >= 15 is 0 Å². The van der Waals surface area contributed by atoms with Gasteiger partial charge in [0.2, 0.25) is 0 Å². The first-order valence-corrected chi connectivity index (χ1v) is 3.38. The molecule has 0 N–H and O–H groups in total. The number of hydrogen-bond acceptors (Lipinski definition) is 1. The molecule has 0 aliphatic heterocycles. The largest absolute Gasteiger partial charge is 0.233 e. The highest BCUT2D eigenvalue weighted by Crippen LogP contribution is 2.01. The van der Waals surface area contributed by atoms with Gasteiger partial charge in [-0.25, -0.2) is 4.79 Å². The monoisotopic (exact) mass is 136 g/mol. The van der Waals surface area contributed by atoms with Crippen LogP contribution >= 0.6 is 0 Å². The molecule has 0 fully saturated rings. The molecule has 0 aromatic rings. The van der Waals surface area contributed by atoms with E-state index in [2.05, 4.69) is 6.58 Å². The van der Waals surface area contributed by atoms with Crippen molar-refractivity contribution in [2.24, 2.45) is 0 Å². The quantitative estimate of drug-likeness (QED) is 0.428. The van der Waals surface area contributed by atoms with Gasteiger partial charge in [-0.15, -0.1) is 0 Å². The number of carbonyl (C=O) groups excluding carboxylic acids is 1. The average Bonchev–Trinajstić information content (AvgIpc) is 1.98. The van der Waals surface area contributed by atoms with E-state index in [1.807, 2.05) is 12.9 Å². The van der Waals surface area contributed by atoms with Crippen molar-refractivity contribution in [3.8, 4) is 0 Å². The van der Waals surface area contributed by atoms with Crippen molar-refractivity contribution in [1.82, 2.24) is 0 Å². The molecular weight excluding hydrogens is 124 g/mol. The summed E-state index contributed by atoms with van der Waals surface area (Å²) in [7, 11) is 0. The third kappa shape index (κ3) is 3.88. The van der Waals surface area contributed by atoms with Gasteiger partial charge in [-0.2, -0.15) is 0 Å². The van der Waals surface area contributed by atoms with Crippen LogP contribution in [-0.2, 0) is 4.79 Å². The third-order valence-electron chi connectivity index (χ3n) is 1.08. The molecule has 0 aliphatic rings. The van der Waals surface area contributed by atoms with Crippen LogP contribution in [0, 0.1) is 0 Å². The predicted octanol–water partition coefficient (Wildman–Crippen LogP) is 2.29. The molecular formula is C9H12O. The van der Waals surface area contributed by atoms with Gasteiger partial charge in [0.25, 0.3) is 0 Å². The van der Waals surface area contributed by atoms with E-state index in [0.29, 0.717) is 5.57 Å². The number of hydrogen-bond donors (Lipinski definition) is 0. The van der Waals surface area contributed by atoms with Crippen LogP contribution < -0.4 is 0 Å². The van der Waals surface area contributed by atoms with Crippen molar-refractivity contribution in [2.75, 3.05) is 0 Å². The summed E-state index contributed by atoms with van der Waals surface area (Å²) in [6, 6.07) is 0.